The van der Waals surface area contributed by atoms with E-state index in [-0.39, 0.29) is 6.61 Å². The van der Waals surface area contributed by atoms with Crippen LogP contribution in [0.25, 0.3) is 0 Å². The zero-order chi connectivity index (χ0) is 13.6. The summed E-state index contributed by atoms with van der Waals surface area (Å²) in [5.74, 6) is 0. The van der Waals surface area contributed by atoms with Crippen LogP contribution >= 0.6 is 11.3 Å². The SMILES string of the molecule is C=CCN(CCC)S(=O)(=O)c1ccc(CCO)s1. The molecule has 1 heterocycles. The van der Waals surface area contributed by atoms with Gasteiger partial charge in [0.2, 0.25) is 0 Å². The van der Waals surface area contributed by atoms with E-state index in [2.05, 4.69) is 6.58 Å². The van der Waals surface area contributed by atoms with E-state index in [4.69, 9.17) is 5.11 Å². The van der Waals surface area contributed by atoms with E-state index in [1.54, 1.807) is 18.2 Å². The van der Waals surface area contributed by atoms with Crippen molar-refractivity contribution in [3.8, 4) is 0 Å². The van der Waals surface area contributed by atoms with Crippen molar-refractivity contribution in [3.63, 3.8) is 0 Å². The molecule has 0 aliphatic rings. The lowest BCUT2D eigenvalue weighted by Gasteiger charge is -2.18. The van der Waals surface area contributed by atoms with Gasteiger partial charge in [0.15, 0.2) is 0 Å². The van der Waals surface area contributed by atoms with E-state index >= 15 is 0 Å². The van der Waals surface area contributed by atoms with Crippen molar-refractivity contribution in [2.75, 3.05) is 19.7 Å². The number of hydrogen-bond donors (Lipinski definition) is 1. The highest BCUT2D eigenvalue weighted by atomic mass is 32.2. The maximum absolute atomic E-state index is 12.4. The molecule has 1 aromatic rings. The molecule has 0 spiro atoms. The first-order valence-corrected chi connectivity index (χ1v) is 8.12. The Morgan fingerprint density at radius 3 is 2.78 bits per heavy atom. The molecule has 6 heteroatoms. The molecule has 1 N–H and O–H groups in total. The van der Waals surface area contributed by atoms with Gasteiger partial charge in [-0.1, -0.05) is 13.0 Å². The van der Waals surface area contributed by atoms with E-state index in [9.17, 15) is 8.42 Å². The quantitative estimate of drug-likeness (QED) is 0.743. The Bertz CT molecular complexity index is 479. The van der Waals surface area contributed by atoms with Gasteiger partial charge in [0.05, 0.1) is 0 Å². The summed E-state index contributed by atoms with van der Waals surface area (Å²) in [7, 11) is -3.42. The predicted molar refractivity (Wildman–Crippen MR) is 74.4 cm³/mol. The van der Waals surface area contributed by atoms with Gasteiger partial charge in [-0.3, -0.25) is 0 Å². The largest absolute Gasteiger partial charge is 0.396 e. The molecule has 1 rings (SSSR count). The maximum Gasteiger partial charge on any atom is 0.252 e. The first-order valence-electron chi connectivity index (χ1n) is 5.86. The fourth-order valence-corrected chi connectivity index (χ4v) is 4.57. The molecule has 0 amide bonds. The number of aliphatic hydroxyl groups excluding tert-OH is 1. The lowest BCUT2D eigenvalue weighted by atomic mass is 10.4. The fraction of sp³-hybridized carbons (Fsp3) is 0.500. The molecule has 0 saturated carbocycles. The van der Waals surface area contributed by atoms with Crippen LogP contribution in [0.3, 0.4) is 0 Å². The highest BCUT2D eigenvalue weighted by Gasteiger charge is 2.24. The number of aliphatic hydroxyl groups is 1. The minimum atomic E-state index is -3.42. The van der Waals surface area contributed by atoms with Gasteiger partial charge in [-0.15, -0.1) is 17.9 Å². The monoisotopic (exact) mass is 289 g/mol. The molecule has 0 bridgehead atoms. The van der Waals surface area contributed by atoms with Gasteiger partial charge in [0.1, 0.15) is 4.21 Å². The Balaban J connectivity index is 2.97. The van der Waals surface area contributed by atoms with Gasteiger partial charge in [0, 0.05) is 31.0 Å². The van der Waals surface area contributed by atoms with E-state index in [0.717, 1.165) is 11.3 Å². The average molecular weight is 289 g/mol. The minimum absolute atomic E-state index is 0.0331. The van der Waals surface area contributed by atoms with Crippen molar-refractivity contribution in [2.24, 2.45) is 0 Å². The molecule has 0 aliphatic heterocycles. The van der Waals surface area contributed by atoms with Crippen LogP contribution in [0.1, 0.15) is 18.2 Å². The summed E-state index contributed by atoms with van der Waals surface area (Å²) in [5, 5.41) is 8.84. The van der Waals surface area contributed by atoms with Gasteiger partial charge >= 0.3 is 0 Å². The summed E-state index contributed by atoms with van der Waals surface area (Å²) in [5.41, 5.74) is 0. The van der Waals surface area contributed by atoms with Gasteiger partial charge in [0.25, 0.3) is 10.0 Å². The van der Waals surface area contributed by atoms with E-state index in [0.29, 0.717) is 23.7 Å². The summed E-state index contributed by atoms with van der Waals surface area (Å²) in [6.45, 7) is 6.37. The highest BCUT2D eigenvalue weighted by Crippen LogP contribution is 2.25. The summed E-state index contributed by atoms with van der Waals surface area (Å²) >= 11 is 1.22. The summed E-state index contributed by atoms with van der Waals surface area (Å²) in [6.07, 6.45) is 2.85. The van der Waals surface area contributed by atoms with Crippen molar-refractivity contribution in [1.29, 1.82) is 0 Å². The molecule has 0 aromatic carbocycles. The molecule has 0 saturated heterocycles. The summed E-state index contributed by atoms with van der Waals surface area (Å²) in [6, 6.07) is 3.36. The average Bonchev–Trinajstić information content (AvgIpc) is 2.78. The van der Waals surface area contributed by atoms with Crippen molar-refractivity contribution in [1.82, 2.24) is 4.31 Å². The highest BCUT2D eigenvalue weighted by molar-refractivity contribution is 7.91. The molecular weight excluding hydrogens is 270 g/mol. The zero-order valence-electron chi connectivity index (χ0n) is 10.5. The Morgan fingerprint density at radius 2 is 2.22 bits per heavy atom. The van der Waals surface area contributed by atoms with Crippen LogP contribution in [0.4, 0.5) is 0 Å². The third-order valence-corrected chi connectivity index (χ3v) is 5.87. The zero-order valence-corrected chi connectivity index (χ0v) is 12.1. The van der Waals surface area contributed by atoms with Gasteiger partial charge in [-0.2, -0.15) is 4.31 Å². The third-order valence-electron chi connectivity index (χ3n) is 2.40. The second-order valence-corrected chi connectivity index (χ2v) is 7.18. The van der Waals surface area contributed by atoms with E-state index < -0.39 is 10.0 Å². The maximum atomic E-state index is 12.4. The van der Waals surface area contributed by atoms with Crippen LogP contribution in [-0.2, 0) is 16.4 Å². The lowest BCUT2D eigenvalue weighted by Crippen LogP contribution is -2.31. The smallest absolute Gasteiger partial charge is 0.252 e. The van der Waals surface area contributed by atoms with Crippen LogP contribution in [0, 0.1) is 0 Å². The Morgan fingerprint density at radius 1 is 1.50 bits per heavy atom. The number of hydrogen-bond acceptors (Lipinski definition) is 4. The van der Waals surface area contributed by atoms with Crippen molar-refractivity contribution in [3.05, 3.63) is 29.7 Å². The predicted octanol–water partition coefficient (Wildman–Crippen LogP) is 1.87. The standard InChI is InChI=1S/C12H19NO3S2/c1-3-8-13(9-4-2)18(15,16)12-6-5-11(17-12)7-10-14/h3,5-6,14H,1,4,7-10H2,2H3. The Hall–Kier alpha value is -0.690. The first kappa shape index (κ1) is 15.4. The molecule has 4 nitrogen and oxygen atoms in total. The summed E-state index contributed by atoms with van der Waals surface area (Å²) in [4.78, 5) is 0.881. The molecule has 0 fully saturated rings. The van der Waals surface area contributed by atoms with Crippen LogP contribution in [-0.4, -0.2) is 37.5 Å². The minimum Gasteiger partial charge on any atom is -0.396 e. The number of thiophene rings is 1. The number of nitrogens with zero attached hydrogens (tertiary/aromatic N) is 1. The van der Waals surface area contributed by atoms with Crippen molar-refractivity contribution in [2.45, 2.75) is 24.0 Å². The van der Waals surface area contributed by atoms with Gasteiger partial charge < -0.3 is 5.11 Å². The number of sulfonamides is 1. The van der Waals surface area contributed by atoms with Crippen molar-refractivity contribution >= 4 is 21.4 Å². The second kappa shape index (κ2) is 7.04. The lowest BCUT2D eigenvalue weighted by molar-refractivity contribution is 0.300. The summed E-state index contributed by atoms with van der Waals surface area (Å²) < 4.78 is 26.5. The van der Waals surface area contributed by atoms with Crippen molar-refractivity contribution < 1.29 is 13.5 Å². The van der Waals surface area contributed by atoms with Crippen LogP contribution in [0.15, 0.2) is 29.0 Å². The van der Waals surface area contributed by atoms with E-state index in [1.165, 1.54) is 15.6 Å². The van der Waals surface area contributed by atoms with Crippen LogP contribution in [0.2, 0.25) is 0 Å². The fourth-order valence-electron chi connectivity index (χ4n) is 1.57. The topological polar surface area (TPSA) is 57.6 Å². The van der Waals surface area contributed by atoms with Crippen LogP contribution < -0.4 is 0 Å². The molecule has 1 aromatic heterocycles. The molecule has 0 atom stereocenters. The second-order valence-electron chi connectivity index (χ2n) is 3.85. The Kier molecular flexibility index (Phi) is 6.01. The Labute approximate surface area is 113 Å². The normalized spacial score (nSPS) is 11.9. The van der Waals surface area contributed by atoms with Crippen LogP contribution in [0.5, 0.6) is 0 Å². The first-order chi connectivity index (χ1) is 8.56. The molecule has 0 radical (unpaired) electrons. The molecule has 0 aliphatic carbocycles. The molecule has 18 heavy (non-hydrogen) atoms. The number of rotatable bonds is 8. The third kappa shape index (κ3) is 3.65. The molecule has 102 valence electrons. The molecular formula is C12H19NO3S2. The van der Waals surface area contributed by atoms with E-state index in [1.807, 2.05) is 6.92 Å². The van der Waals surface area contributed by atoms with Gasteiger partial charge in [-0.05, 0) is 18.6 Å². The van der Waals surface area contributed by atoms with Gasteiger partial charge in [-0.25, -0.2) is 8.42 Å². The molecule has 0 unspecified atom stereocenters.